The largest absolute Gasteiger partial charge is 0.393 e. The van der Waals surface area contributed by atoms with Crippen molar-refractivity contribution in [1.82, 2.24) is 4.90 Å². The Kier molecular flexibility index (Phi) is 3.29. The highest BCUT2D eigenvalue weighted by atomic mass is 16.3. The maximum absolute atomic E-state index is 12.9. The first-order chi connectivity index (χ1) is 9.77. The molecule has 0 radical (unpaired) electrons. The van der Waals surface area contributed by atoms with Crippen LogP contribution in [0.2, 0.25) is 0 Å². The molecule has 5 unspecified atom stereocenters. The molecular weight excluding hydrogens is 250 g/mol. The van der Waals surface area contributed by atoms with Gasteiger partial charge in [-0.05, 0) is 50.4 Å². The fourth-order valence-corrected chi connectivity index (χ4v) is 5.48. The van der Waals surface area contributed by atoms with E-state index in [1.165, 1.54) is 25.7 Å². The SMILES string of the molecule is O=C(C1C2CCCCC21)N1CCCC1C1CCCC1O. The molecule has 4 aliphatic rings. The van der Waals surface area contributed by atoms with Gasteiger partial charge in [0, 0.05) is 24.4 Å². The third-order valence-electron chi connectivity index (χ3n) is 6.55. The van der Waals surface area contributed by atoms with E-state index in [0.29, 0.717) is 35.6 Å². The zero-order chi connectivity index (χ0) is 13.7. The van der Waals surface area contributed by atoms with Crippen LogP contribution in [0.15, 0.2) is 0 Å². The minimum Gasteiger partial charge on any atom is -0.393 e. The average Bonchev–Trinajstić information content (AvgIpc) is 2.78. The standard InChI is InChI=1S/C17H27NO2/c19-15-9-3-7-13(15)14-8-4-10-18(14)17(20)16-11-5-1-2-6-12(11)16/h11-16,19H,1-10H2. The molecule has 5 atom stereocenters. The Morgan fingerprint density at radius 1 is 0.850 bits per heavy atom. The van der Waals surface area contributed by atoms with Gasteiger partial charge in [-0.15, -0.1) is 0 Å². The molecule has 4 fully saturated rings. The number of rotatable bonds is 2. The van der Waals surface area contributed by atoms with Crippen LogP contribution in [0.1, 0.15) is 57.8 Å². The molecule has 3 nitrogen and oxygen atoms in total. The van der Waals surface area contributed by atoms with Crippen molar-refractivity contribution in [2.24, 2.45) is 23.7 Å². The van der Waals surface area contributed by atoms with Crippen molar-refractivity contribution in [2.75, 3.05) is 6.54 Å². The van der Waals surface area contributed by atoms with E-state index >= 15 is 0 Å². The van der Waals surface area contributed by atoms with Crippen molar-refractivity contribution in [3.63, 3.8) is 0 Å². The number of carbonyl (C=O) groups is 1. The van der Waals surface area contributed by atoms with Gasteiger partial charge in [0.2, 0.25) is 5.91 Å². The lowest BCUT2D eigenvalue weighted by molar-refractivity contribution is -0.135. The molecule has 1 heterocycles. The maximum Gasteiger partial charge on any atom is 0.226 e. The van der Waals surface area contributed by atoms with E-state index in [1.807, 2.05) is 0 Å². The normalized spacial score (nSPS) is 47.4. The molecule has 4 rings (SSSR count). The van der Waals surface area contributed by atoms with Crippen molar-refractivity contribution in [3.8, 4) is 0 Å². The summed E-state index contributed by atoms with van der Waals surface area (Å²) in [6.45, 7) is 0.947. The van der Waals surface area contributed by atoms with Gasteiger partial charge >= 0.3 is 0 Å². The monoisotopic (exact) mass is 277 g/mol. The molecule has 20 heavy (non-hydrogen) atoms. The van der Waals surface area contributed by atoms with Gasteiger partial charge in [0.1, 0.15) is 0 Å². The predicted octanol–water partition coefficient (Wildman–Crippen LogP) is 2.57. The summed E-state index contributed by atoms with van der Waals surface area (Å²) < 4.78 is 0. The molecule has 1 saturated heterocycles. The average molecular weight is 277 g/mol. The number of likely N-dealkylation sites (tertiary alicyclic amines) is 1. The summed E-state index contributed by atoms with van der Waals surface area (Å²) in [5.41, 5.74) is 0. The van der Waals surface area contributed by atoms with Gasteiger partial charge in [0.05, 0.1) is 6.10 Å². The first-order valence-corrected chi connectivity index (χ1v) is 8.76. The van der Waals surface area contributed by atoms with Crippen LogP contribution in [-0.2, 0) is 4.79 Å². The van der Waals surface area contributed by atoms with Gasteiger partial charge < -0.3 is 10.0 Å². The van der Waals surface area contributed by atoms with Crippen LogP contribution in [0.3, 0.4) is 0 Å². The topological polar surface area (TPSA) is 40.5 Å². The number of aliphatic hydroxyl groups is 1. The lowest BCUT2D eigenvalue weighted by Gasteiger charge is -2.31. The minimum absolute atomic E-state index is 0.158. The molecular formula is C17H27NO2. The summed E-state index contributed by atoms with van der Waals surface area (Å²) >= 11 is 0. The number of fused-ring (bicyclic) bond motifs is 1. The van der Waals surface area contributed by atoms with Gasteiger partial charge in [-0.25, -0.2) is 0 Å². The van der Waals surface area contributed by atoms with Gasteiger partial charge in [0.25, 0.3) is 0 Å². The second-order valence-corrected chi connectivity index (χ2v) is 7.54. The quantitative estimate of drug-likeness (QED) is 0.843. The number of carbonyl (C=O) groups excluding carboxylic acids is 1. The molecule has 1 N–H and O–H groups in total. The van der Waals surface area contributed by atoms with Crippen LogP contribution in [0.25, 0.3) is 0 Å². The Hall–Kier alpha value is -0.570. The van der Waals surface area contributed by atoms with Crippen LogP contribution in [0.4, 0.5) is 0 Å². The van der Waals surface area contributed by atoms with Crippen LogP contribution >= 0.6 is 0 Å². The Labute approximate surface area is 121 Å². The number of aliphatic hydroxyl groups excluding tert-OH is 1. The molecule has 1 amide bonds. The summed E-state index contributed by atoms with van der Waals surface area (Å²) in [7, 11) is 0. The highest BCUT2D eigenvalue weighted by Crippen LogP contribution is 2.56. The van der Waals surface area contributed by atoms with E-state index in [1.54, 1.807) is 0 Å². The highest BCUT2D eigenvalue weighted by Gasteiger charge is 2.57. The Morgan fingerprint density at radius 3 is 2.20 bits per heavy atom. The lowest BCUT2D eigenvalue weighted by Crippen LogP contribution is -2.43. The highest BCUT2D eigenvalue weighted by molar-refractivity contribution is 5.83. The van der Waals surface area contributed by atoms with Gasteiger partial charge in [0.15, 0.2) is 0 Å². The van der Waals surface area contributed by atoms with Crippen LogP contribution in [0.5, 0.6) is 0 Å². The molecule has 0 spiro atoms. The molecule has 0 aromatic heterocycles. The van der Waals surface area contributed by atoms with E-state index in [9.17, 15) is 9.90 Å². The molecule has 0 aromatic rings. The zero-order valence-electron chi connectivity index (χ0n) is 12.3. The minimum atomic E-state index is -0.158. The molecule has 0 aromatic carbocycles. The lowest BCUT2D eigenvalue weighted by atomic mass is 9.93. The zero-order valence-corrected chi connectivity index (χ0v) is 12.3. The summed E-state index contributed by atoms with van der Waals surface area (Å²) in [4.78, 5) is 15.1. The second-order valence-electron chi connectivity index (χ2n) is 7.54. The fraction of sp³-hybridized carbons (Fsp3) is 0.941. The van der Waals surface area contributed by atoms with E-state index in [-0.39, 0.29) is 6.10 Å². The molecule has 1 aliphatic heterocycles. The number of hydrogen-bond acceptors (Lipinski definition) is 2. The number of hydrogen-bond donors (Lipinski definition) is 1. The van der Waals surface area contributed by atoms with E-state index < -0.39 is 0 Å². The summed E-state index contributed by atoms with van der Waals surface area (Å²) in [5.74, 6) is 2.60. The van der Waals surface area contributed by atoms with Gasteiger partial charge in [-0.1, -0.05) is 19.3 Å². The Morgan fingerprint density at radius 2 is 1.55 bits per heavy atom. The molecule has 3 aliphatic carbocycles. The number of nitrogens with zero attached hydrogens (tertiary/aromatic N) is 1. The third kappa shape index (κ3) is 2.01. The van der Waals surface area contributed by atoms with Crippen molar-refractivity contribution >= 4 is 5.91 Å². The summed E-state index contributed by atoms with van der Waals surface area (Å²) in [6, 6.07) is 0.350. The maximum atomic E-state index is 12.9. The predicted molar refractivity (Wildman–Crippen MR) is 77.0 cm³/mol. The van der Waals surface area contributed by atoms with Crippen molar-refractivity contribution in [1.29, 1.82) is 0 Å². The molecule has 0 bridgehead atoms. The molecule has 3 saturated carbocycles. The van der Waals surface area contributed by atoms with E-state index in [2.05, 4.69) is 4.90 Å². The van der Waals surface area contributed by atoms with E-state index in [4.69, 9.17) is 0 Å². The molecule has 112 valence electrons. The smallest absolute Gasteiger partial charge is 0.226 e. The van der Waals surface area contributed by atoms with Crippen molar-refractivity contribution in [2.45, 2.75) is 69.9 Å². The van der Waals surface area contributed by atoms with Crippen molar-refractivity contribution in [3.05, 3.63) is 0 Å². The van der Waals surface area contributed by atoms with Crippen LogP contribution in [0, 0.1) is 23.7 Å². The van der Waals surface area contributed by atoms with Crippen LogP contribution in [-0.4, -0.2) is 34.6 Å². The Balaban J connectivity index is 1.45. The van der Waals surface area contributed by atoms with Gasteiger partial charge in [-0.3, -0.25) is 4.79 Å². The van der Waals surface area contributed by atoms with Crippen molar-refractivity contribution < 1.29 is 9.90 Å². The second kappa shape index (κ2) is 5.01. The summed E-state index contributed by atoms with van der Waals surface area (Å²) in [6.07, 6.45) is 10.5. The number of amides is 1. The van der Waals surface area contributed by atoms with E-state index in [0.717, 1.165) is 38.6 Å². The van der Waals surface area contributed by atoms with Gasteiger partial charge in [-0.2, -0.15) is 0 Å². The first kappa shape index (κ1) is 13.1. The fourth-order valence-electron chi connectivity index (χ4n) is 5.48. The third-order valence-corrected chi connectivity index (χ3v) is 6.55. The summed E-state index contributed by atoms with van der Waals surface area (Å²) in [5, 5.41) is 10.2. The van der Waals surface area contributed by atoms with Crippen LogP contribution < -0.4 is 0 Å². The molecule has 3 heteroatoms. The first-order valence-electron chi connectivity index (χ1n) is 8.76. The Bertz CT molecular complexity index is 384.